The third kappa shape index (κ3) is 2.66. The highest BCUT2D eigenvalue weighted by molar-refractivity contribution is 5.87. The Labute approximate surface area is 146 Å². The van der Waals surface area contributed by atoms with Crippen molar-refractivity contribution in [3.63, 3.8) is 0 Å². The molecule has 0 spiro atoms. The van der Waals surface area contributed by atoms with Gasteiger partial charge in [-0.15, -0.1) is 0 Å². The van der Waals surface area contributed by atoms with Crippen molar-refractivity contribution in [2.45, 2.75) is 19.4 Å². The average Bonchev–Trinajstić information content (AvgIpc) is 3.30. The average molecular weight is 333 g/mol. The summed E-state index contributed by atoms with van der Waals surface area (Å²) in [5.41, 5.74) is 2.26. The summed E-state index contributed by atoms with van der Waals surface area (Å²) in [5, 5.41) is 1.06. The Morgan fingerprint density at radius 2 is 2.20 bits per heavy atom. The van der Waals surface area contributed by atoms with Crippen LogP contribution in [0.3, 0.4) is 0 Å². The molecular formula is C18H19N7. The van der Waals surface area contributed by atoms with Crippen molar-refractivity contribution in [1.29, 1.82) is 0 Å². The van der Waals surface area contributed by atoms with Crippen LogP contribution < -0.4 is 9.80 Å². The maximum atomic E-state index is 7.15. The van der Waals surface area contributed by atoms with Crippen molar-refractivity contribution in [3.8, 4) is 0 Å². The van der Waals surface area contributed by atoms with E-state index in [1.807, 2.05) is 31.3 Å². The topological polar surface area (TPSA) is 65.3 Å². The molecule has 3 aromatic rings. The molecule has 0 bridgehead atoms. The largest absolute Gasteiger partial charge is 0.355 e. The van der Waals surface area contributed by atoms with Crippen LogP contribution in [0.2, 0.25) is 0 Å². The van der Waals surface area contributed by atoms with Gasteiger partial charge in [-0.25, -0.2) is 19.8 Å². The minimum absolute atomic E-state index is 0.356. The molecule has 3 aromatic heterocycles. The van der Waals surface area contributed by atoms with E-state index in [0.29, 0.717) is 11.7 Å². The maximum Gasteiger partial charge on any atom is 0.208 e. The molecular weight excluding hydrogens is 314 g/mol. The Morgan fingerprint density at radius 1 is 1.32 bits per heavy atom. The summed E-state index contributed by atoms with van der Waals surface area (Å²) in [5.74, 6) is 1.89. The lowest BCUT2D eigenvalue weighted by Crippen LogP contribution is -2.35. The van der Waals surface area contributed by atoms with Gasteiger partial charge >= 0.3 is 0 Å². The van der Waals surface area contributed by atoms with Crippen LogP contribution in [0.25, 0.3) is 15.9 Å². The van der Waals surface area contributed by atoms with E-state index in [9.17, 15) is 0 Å². The van der Waals surface area contributed by atoms with Gasteiger partial charge < -0.3 is 14.8 Å². The predicted octanol–water partition coefficient (Wildman–Crippen LogP) is 2.93. The van der Waals surface area contributed by atoms with E-state index in [1.165, 1.54) is 0 Å². The smallest absolute Gasteiger partial charge is 0.208 e. The fourth-order valence-corrected chi connectivity index (χ4v) is 3.40. The Hall–Kier alpha value is -3.14. The van der Waals surface area contributed by atoms with Crippen molar-refractivity contribution >= 4 is 28.4 Å². The molecule has 4 heterocycles. The van der Waals surface area contributed by atoms with Gasteiger partial charge in [0.05, 0.1) is 12.0 Å². The zero-order valence-corrected chi connectivity index (χ0v) is 14.3. The predicted molar refractivity (Wildman–Crippen MR) is 98.1 cm³/mol. The molecule has 1 aliphatic heterocycles. The number of aromatic nitrogens is 4. The first-order valence-electron chi connectivity index (χ1n) is 8.28. The van der Waals surface area contributed by atoms with Gasteiger partial charge in [-0.2, -0.15) is 0 Å². The summed E-state index contributed by atoms with van der Waals surface area (Å²) in [6.45, 7) is 10.9. The molecule has 0 aromatic carbocycles. The lowest BCUT2D eigenvalue weighted by Gasteiger charge is -2.26. The first-order chi connectivity index (χ1) is 12.2. The van der Waals surface area contributed by atoms with E-state index in [0.717, 1.165) is 47.9 Å². The van der Waals surface area contributed by atoms with Gasteiger partial charge in [0.1, 0.15) is 23.6 Å². The highest BCUT2D eigenvalue weighted by atomic mass is 15.3. The summed E-state index contributed by atoms with van der Waals surface area (Å²) in [4.78, 5) is 24.5. The van der Waals surface area contributed by atoms with Crippen LogP contribution in [0.4, 0.5) is 17.3 Å². The molecule has 0 saturated carbocycles. The minimum Gasteiger partial charge on any atom is -0.355 e. The SMILES string of the molecule is [C-]#[N+]c1ccc(N(C)[C@@H]2CCN(c3ncnc4[nH]ccc34)C2)nc1C. The number of likely N-dealkylation sites (N-methyl/N-ethyl adjacent to an activating group) is 1. The van der Waals surface area contributed by atoms with Crippen molar-refractivity contribution < 1.29 is 0 Å². The number of aryl methyl sites for hydroxylation is 1. The number of H-pyrrole nitrogens is 1. The van der Waals surface area contributed by atoms with Gasteiger partial charge in [-0.05, 0) is 25.5 Å². The number of fused-ring (bicyclic) bond motifs is 1. The Kier molecular flexibility index (Phi) is 3.73. The number of hydrogen-bond donors (Lipinski definition) is 1. The minimum atomic E-state index is 0.356. The molecule has 0 amide bonds. The number of nitrogens with one attached hydrogen (secondary N) is 1. The van der Waals surface area contributed by atoms with Gasteiger partial charge in [-0.3, -0.25) is 0 Å². The molecule has 25 heavy (non-hydrogen) atoms. The van der Waals surface area contributed by atoms with E-state index >= 15 is 0 Å². The number of pyridine rings is 1. The second kappa shape index (κ2) is 6.06. The summed E-state index contributed by atoms with van der Waals surface area (Å²) >= 11 is 0. The zero-order valence-electron chi connectivity index (χ0n) is 14.3. The Bertz CT molecular complexity index is 955. The molecule has 1 N–H and O–H groups in total. The first-order valence-corrected chi connectivity index (χ1v) is 8.28. The van der Waals surface area contributed by atoms with E-state index in [-0.39, 0.29) is 0 Å². The molecule has 4 rings (SSSR count). The van der Waals surface area contributed by atoms with Crippen LogP contribution >= 0.6 is 0 Å². The lowest BCUT2D eigenvalue weighted by atomic mass is 10.2. The standard InChI is InChI=1S/C18H19N7/c1-12-15(19-2)4-5-16(23-12)24(3)13-7-9-25(10-13)18-14-6-8-20-17(14)21-11-22-18/h4-6,8,11,13H,7,9-10H2,1,3H3,(H,20,21,22)/t13-/m1/s1. The van der Waals surface area contributed by atoms with Crippen LogP contribution in [-0.2, 0) is 0 Å². The third-order valence-corrected chi connectivity index (χ3v) is 4.87. The molecule has 7 nitrogen and oxygen atoms in total. The van der Waals surface area contributed by atoms with Crippen LogP contribution in [0, 0.1) is 13.5 Å². The second-order valence-electron chi connectivity index (χ2n) is 6.32. The maximum absolute atomic E-state index is 7.15. The number of hydrogen-bond acceptors (Lipinski definition) is 5. The lowest BCUT2D eigenvalue weighted by molar-refractivity contribution is 0.683. The van der Waals surface area contributed by atoms with Crippen LogP contribution in [0.5, 0.6) is 0 Å². The zero-order chi connectivity index (χ0) is 17.4. The number of rotatable bonds is 3. The first kappa shape index (κ1) is 15.4. The quantitative estimate of drug-likeness (QED) is 0.747. The molecule has 7 heteroatoms. The van der Waals surface area contributed by atoms with Crippen LogP contribution in [0.15, 0.2) is 30.7 Å². The summed E-state index contributed by atoms with van der Waals surface area (Å²) in [6.07, 6.45) is 4.55. The van der Waals surface area contributed by atoms with E-state index in [2.05, 4.69) is 41.6 Å². The fourth-order valence-electron chi connectivity index (χ4n) is 3.40. The molecule has 1 aliphatic rings. The Morgan fingerprint density at radius 3 is 3.00 bits per heavy atom. The highest BCUT2D eigenvalue weighted by Gasteiger charge is 2.28. The van der Waals surface area contributed by atoms with Crippen LogP contribution in [0.1, 0.15) is 12.1 Å². The van der Waals surface area contributed by atoms with Gasteiger partial charge in [-0.1, -0.05) is 6.07 Å². The fraction of sp³-hybridized carbons (Fsp3) is 0.333. The van der Waals surface area contributed by atoms with E-state index in [4.69, 9.17) is 6.57 Å². The molecule has 1 saturated heterocycles. The van der Waals surface area contributed by atoms with E-state index < -0.39 is 0 Å². The monoisotopic (exact) mass is 333 g/mol. The summed E-state index contributed by atoms with van der Waals surface area (Å²) in [7, 11) is 2.07. The van der Waals surface area contributed by atoms with Crippen LogP contribution in [-0.4, -0.2) is 46.1 Å². The normalized spacial score (nSPS) is 17.0. The van der Waals surface area contributed by atoms with Gasteiger partial charge in [0.25, 0.3) is 0 Å². The van der Waals surface area contributed by atoms with Crippen molar-refractivity contribution in [2.75, 3.05) is 29.9 Å². The van der Waals surface area contributed by atoms with E-state index in [1.54, 1.807) is 6.33 Å². The van der Waals surface area contributed by atoms with Gasteiger partial charge in [0, 0.05) is 38.1 Å². The molecule has 0 aliphatic carbocycles. The second-order valence-corrected chi connectivity index (χ2v) is 6.32. The number of anilines is 2. The Balaban J connectivity index is 1.55. The highest BCUT2D eigenvalue weighted by Crippen LogP contribution is 2.29. The molecule has 0 unspecified atom stereocenters. The molecule has 126 valence electrons. The van der Waals surface area contributed by atoms with Crippen molar-refractivity contribution in [3.05, 3.63) is 47.8 Å². The van der Waals surface area contributed by atoms with Crippen molar-refractivity contribution in [1.82, 2.24) is 19.9 Å². The molecule has 0 radical (unpaired) electrons. The summed E-state index contributed by atoms with van der Waals surface area (Å²) in [6, 6.07) is 6.16. The van der Waals surface area contributed by atoms with Gasteiger partial charge in [0.2, 0.25) is 5.69 Å². The molecule has 1 fully saturated rings. The third-order valence-electron chi connectivity index (χ3n) is 4.87. The number of aromatic amines is 1. The molecule has 1 atom stereocenters. The van der Waals surface area contributed by atoms with Crippen molar-refractivity contribution in [2.24, 2.45) is 0 Å². The van der Waals surface area contributed by atoms with Gasteiger partial charge in [0.15, 0.2) is 0 Å². The summed E-state index contributed by atoms with van der Waals surface area (Å²) < 4.78 is 0. The number of nitrogens with zero attached hydrogens (tertiary/aromatic N) is 6.